The van der Waals surface area contributed by atoms with Crippen molar-refractivity contribution in [3.63, 3.8) is 0 Å². The summed E-state index contributed by atoms with van der Waals surface area (Å²) in [6.45, 7) is 6.64. The molecule has 1 radical (unpaired) electrons. The Morgan fingerprint density at radius 3 is 2.64 bits per heavy atom. The normalized spacial score (nSPS) is 32.3. The van der Waals surface area contributed by atoms with Gasteiger partial charge in [0.2, 0.25) is 0 Å². The molecule has 0 spiro atoms. The van der Waals surface area contributed by atoms with Crippen LogP contribution in [0.3, 0.4) is 0 Å². The second-order valence-corrected chi connectivity index (χ2v) is 6.24. The number of aliphatic hydroxyl groups excluding tert-OH is 1. The molecule has 0 aliphatic heterocycles. The minimum atomic E-state index is -0.405. The van der Waals surface area contributed by atoms with Crippen LogP contribution in [0.1, 0.15) is 19.8 Å². The minimum Gasteiger partial charge on any atom is -0.389 e. The minimum absolute atomic E-state index is 0.132. The summed E-state index contributed by atoms with van der Waals surface area (Å²) < 4.78 is 0. The van der Waals surface area contributed by atoms with Crippen LogP contribution < -0.4 is 0 Å². The summed E-state index contributed by atoms with van der Waals surface area (Å²) >= 11 is 0. The van der Waals surface area contributed by atoms with E-state index in [-0.39, 0.29) is 6.10 Å². The first-order chi connectivity index (χ1) is 5.13. The van der Waals surface area contributed by atoms with E-state index in [1.165, 1.54) is 11.6 Å². The fourth-order valence-corrected chi connectivity index (χ4v) is 3.02. The average Bonchev–Trinajstić information content (AvgIpc) is 1.94. The fourth-order valence-electron chi connectivity index (χ4n) is 1.59. The zero-order valence-electron chi connectivity index (χ0n) is 7.59. The lowest BCUT2D eigenvalue weighted by molar-refractivity contribution is 0.145. The van der Waals surface area contributed by atoms with E-state index in [1.807, 2.05) is 0 Å². The van der Waals surface area contributed by atoms with Gasteiger partial charge in [-0.25, -0.2) is 0 Å². The van der Waals surface area contributed by atoms with E-state index in [9.17, 15) is 5.11 Å². The lowest BCUT2D eigenvalue weighted by Gasteiger charge is -2.27. The van der Waals surface area contributed by atoms with Crippen LogP contribution in [0, 0.1) is 5.92 Å². The molecule has 2 heteroatoms. The van der Waals surface area contributed by atoms with Crippen molar-refractivity contribution >= 4 is 8.80 Å². The van der Waals surface area contributed by atoms with E-state index in [1.54, 1.807) is 0 Å². The predicted molar refractivity (Wildman–Crippen MR) is 50.0 cm³/mol. The van der Waals surface area contributed by atoms with Gasteiger partial charge in [-0.3, -0.25) is 0 Å². The summed E-state index contributed by atoms with van der Waals surface area (Å²) in [6, 6.07) is 0. The first kappa shape index (κ1) is 9.01. The molecule has 0 fully saturated rings. The molecule has 1 nitrogen and oxygen atoms in total. The number of hydrogen-bond donors (Lipinski definition) is 1. The van der Waals surface area contributed by atoms with Crippen molar-refractivity contribution in [2.24, 2.45) is 5.92 Å². The second kappa shape index (κ2) is 3.54. The van der Waals surface area contributed by atoms with Crippen molar-refractivity contribution in [3.05, 3.63) is 11.3 Å². The van der Waals surface area contributed by atoms with Crippen LogP contribution in [0.15, 0.2) is 11.3 Å². The van der Waals surface area contributed by atoms with Crippen LogP contribution >= 0.6 is 0 Å². The van der Waals surface area contributed by atoms with E-state index < -0.39 is 8.80 Å². The molecule has 0 bridgehead atoms. The van der Waals surface area contributed by atoms with Gasteiger partial charge in [0.25, 0.3) is 0 Å². The van der Waals surface area contributed by atoms with Crippen molar-refractivity contribution in [3.8, 4) is 0 Å². The molecule has 1 aliphatic carbocycles. The Morgan fingerprint density at radius 1 is 1.55 bits per heavy atom. The van der Waals surface area contributed by atoms with Crippen molar-refractivity contribution in [1.82, 2.24) is 0 Å². The maximum Gasteiger partial charge on any atom is 0.0767 e. The first-order valence-corrected chi connectivity index (χ1v) is 6.81. The molecule has 63 valence electrons. The van der Waals surface area contributed by atoms with Gasteiger partial charge in [0, 0.05) is 0 Å². The monoisotopic (exact) mass is 169 g/mol. The quantitative estimate of drug-likeness (QED) is 0.595. The topological polar surface area (TPSA) is 20.2 Å². The van der Waals surface area contributed by atoms with Crippen LogP contribution in [0.25, 0.3) is 0 Å². The Kier molecular flexibility index (Phi) is 2.90. The summed E-state index contributed by atoms with van der Waals surface area (Å²) in [6.07, 6.45) is 4.44. The van der Waals surface area contributed by atoms with Crippen LogP contribution in [0.2, 0.25) is 13.1 Å². The summed E-state index contributed by atoms with van der Waals surface area (Å²) in [7, 11) is -0.405. The Morgan fingerprint density at radius 2 is 2.18 bits per heavy atom. The van der Waals surface area contributed by atoms with Gasteiger partial charge in [-0.2, -0.15) is 0 Å². The molecule has 1 rings (SSSR count). The smallest absolute Gasteiger partial charge is 0.0767 e. The van der Waals surface area contributed by atoms with Gasteiger partial charge in [-0.15, -0.1) is 0 Å². The van der Waals surface area contributed by atoms with Gasteiger partial charge in [0.05, 0.1) is 14.9 Å². The lowest BCUT2D eigenvalue weighted by Crippen LogP contribution is -2.29. The largest absolute Gasteiger partial charge is 0.389 e. The molecule has 0 aromatic rings. The van der Waals surface area contributed by atoms with Crippen LogP contribution in [0.5, 0.6) is 0 Å². The third-order valence-corrected chi connectivity index (χ3v) is 4.08. The fraction of sp³-hybridized carbons (Fsp3) is 0.778. The number of aliphatic hydroxyl groups is 1. The molecular formula is C9H17OSi. The van der Waals surface area contributed by atoms with Gasteiger partial charge in [-0.1, -0.05) is 31.3 Å². The maximum atomic E-state index is 9.77. The van der Waals surface area contributed by atoms with Crippen LogP contribution in [-0.2, 0) is 0 Å². The molecule has 0 amide bonds. The van der Waals surface area contributed by atoms with Crippen molar-refractivity contribution in [1.29, 1.82) is 0 Å². The maximum absolute atomic E-state index is 9.77. The standard InChI is InChI=1S/C9H17OSi/c1-7-5-4-6-8(9(7)10)11(2)3/h6-7,9-10H,4-5H2,1-3H3/t7-,9-/m0/s1. The molecule has 0 unspecified atom stereocenters. The molecule has 0 heterocycles. The Labute approximate surface area is 70.7 Å². The third-order valence-electron chi connectivity index (χ3n) is 2.42. The Balaban J connectivity index is 2.70. The van der Waals surface area contributed by atoms with Gasteiger partial charge in [0.1, 0.15) is 0 Å². The highest BCUT2D eigenvalue weighted by molar-refractivity contribution is 6.64. The highest BCUT2D eigenvalue weighted by Crippen LogP contribution is 2.25. The number of allylic oxidation sites excluding steroid dienone is 1. The van der Waals surface area contributed by atoms with E-state index >= 15 is 0 Å². The van der Waals surface area contributed by atoms with Crippen LogP contribution in [0.4, 0.5) is 0 Å². The molecule has 1 N–H and O–H groups in total. The molecular weight excluding hydrogens is 152 g/mol. The summed E-state index contributed by atoms with van der Waals surface area (Å²) in [4.78, 5) is 0. The molecule has 1 aliphatic rings. The molecule has 0 aromatic heterocycles. The van der Waals surface area contributed by atoms with Gasteiger partial charge < -0.3 is 5.11 Å². The highest BCUT2D eigenvalue weighted by Gasteiger charge is 2.23. The van der Waals surface area contributed by atoms with E-state index in [0.717, 1.165) is 6.42 Å². The molecule has 0 saturated heterocycles. The number of rotatable bonds is 1. The Bertz CT molecular complexity index is 163. The van der Waals surface area contributed by atoms with Crippen LogP contribution in [-0.4, -0.2) is 20.0 Å². The highest BCUT2D eigenvalue weighted by atomic mass is 28.3. The predicted octanol–water partition coefficient (Wildman–Crippen LogP) is 2.00. The lowest BCUT2D eigenvalue weighted by atomic mass is 9.93. The van der Waals surface area contributed by atoms with Gasteiger partial charge in [-0.05, 0) is 18.8 Å². The van der Waals surface area contributed by atoms with Gasteiger partial charge >= 0.3 is 0 Å². The third kappa shape index (κ3) is 1.94. The Hall–Kier alpha value is -0.0831. The number of hydrogen-bond acceptors (Lipinski definition) is 1. The molecule has 0 aromatic carbocycles. The van der Waals surface area contributed by atoms with E-state index in [2.05, 4.69) is 26.1 Å². The zero-order chi connectivity index (χ0) is 8.43. The van der Waals surface area contributed by atoms with Gasteiger partial charge in [0.15, 0.2) is 0 Å². The van der Waals surface area contributed by atoms with E-state index in [0.29, 0.717) is 5.92 Å². The average molecular weight is 169 g/mol. The van der Waals surface area contributed by atoms with Crippen molar-refractivity contribution in [2.45, 2.75) is 39.0 Å². The summed E-state index contributed by atoms with van der Waals surface area (Å²) in [5.41, 5.74) is 0. The molecule has 11 heavy (non-hydrogen) atoms. The van der Waals surface area contributed by atoms with Crippen molar-refractivity contribution in [2.75, 3.05) is 0 Å². The SMILES string of the molecule is C[C@H]1CCC=C([Si](C)C)[C@H]1O. The van der Waals surface area contributed by atoms with Crippen molar-refractivity contribution < 1.29 is 5.11 Å². The van der Waals surface area contributed by atoms with E-state index in [4.69, 9.17) is 0 Å². The zero-order valence-corrected chi connectivity index (χ0v) is 8.59. The first-order valence-electron chi connectivity index (χ1n) is 4.31. The molecule has 2 atom stereocenters. The molecule has 0 saturated carbocycles. The summed E-state index contributed by atoms with van der Waals surface area (Å²) in [5, 5.41) is 11.1. The second-order valence-electron chi connectivity index (χ2n) is 3.66. The summed E-state index contributed by atoms with van der Waals surface area (Å²) in [5.74, 6) is 0.481.